The van der Waals surface area contributed by atoms with Gasteiger partial charge in [0.05, 0.1) is 0 Å². The van der Waals surface area contributed by atoms with Crippen LogP contribution in [0.15, 0.2) is 36.4 Å². The number of anilines is 1. The van der Waals surface area contributed by atoms with Crippen molar-refractivity contribution in [3.05, 3.63) is 36.4 Å². The van der Waals surface area contributed by atoms with Gasteiger partial charge in [0.25, 0.3) is 0 Å². The van der Waals surface area contributed by atoms with E-state index in [0.29, 0.717) is 23.6 Å². The van der Waals surface area contributed by atoms with Crippen molar-refractivity contribution < 1.29 is 19.0 Å². The summed E-state index contributed by atoms with van der Waals surface area (Å²) in [6.07, 6.45) is -1.25. The van der Waals surface area contributed by atoms with Gasteiger partial charge in [0.15, 0.2) is 6.10 Å². The molecule has 5 heteroatoms. The standard InChI is InChI=1S/C15H21NO4/c1-5-18-15(11(4)19-14(17)10(2)3)20-13-8-6-12(16)7-9-13/h6-9,11,15H,2,5,16H2,1,3-4H3. The number of rotatable bonds is 7. The van der Waals surface area contributed by atoms with Gasteiger partial charge in [0.2, 0.25) is 6.29 Å². The van der Waals surface area contributed by atoms with Crippen LogP contribution in [0.3, 0.4) is 0 Å². The van der Waals surface area contributed by atoms with Crippen molar-refractivity contribution in [2.75, 3.05) is 12.3 Å². The number of carbonyl (C=O) groups excluding carboxylic acids is 1. The molecule has 1 aromatic carbocycles. The maximum Gasteiger partial charge on any atom is 0.333 e. The first-order valence-electron chi connectivity index (χ1n) is 6.44. The van der Waals surface area contributed by atoms with Crippen LogP contribution in [-0.4, -0.2) is 25.0 Å². The van der Waals surface area contributed by atoms with E-state index in [4.69, 9.17) is 19.9 Å². The normalized spacial score (nSPS) is 13.3. The molecule has 1 aromatic rings. The van der Waals surface area contributed by atoms with Gasteiger partial charge in [0.1, 0.15) is 5.75 Å². The summed E-state index contributed by atoms with van der Waals surface area (Å²) in [4.78, 5) is 11.5. The average Bonchev–Trinajstić information content (AvgIpc) is 2.40. The highest BCUT2D eigenvalue weighted by molar-refractivity contribution is 5.87. The first-order valence-corrected chi connectivity index (χ1v) is 6.44. The molecule has 2 atom stereocenters. The lowest BCUT2D eigenvalue weighted by Crippen LogP contribution is -2.36. The van der Waals surface area contributed by atoms with Gasteiger partial charge in [0, 0.05) is 17.9 Å². The number of nitrogen functional groups attached to an aromatic ring is 1. The second-order valence-corrected chi connectivity index (χ2v) is 4.40. The molecule has 0 aromatic heterocycles. The number of nitrogens with two attached hydrogens (primary N) is 1. The number of hydrogen-bond donors (Lipinski definition) is 1. The molecule has 2 unspecified atom stereocenters. The summed E-state index contributed by atoms with van der Waals surface area (Å²) < 4.78 is 16.3. The average molecular weight is 279 g/mol. The minimum absolute atomic E-state index is 0.333. The predicted molar refractivity (Wildman–Crippen MR) is 77.3 cm³/mol. The molecule has 0 bridgehead atoms. The third-order valence-electron chi connectivity index (χ3n) is 2.49. The molecule has 0 amide bonds. The maximum atomic E-state index is 11.5. The van der Waals surface area contributed by atoms with Crippen LogP contribution in [0.5, 0.6) is 5.75 Å². The van der Waals surface area contributed by atoms with Crippen molar-refractivity contribution in [2.45, 2.75) is 33.2 Å². The highest BCUT2D eigenvalue weighted by Gasteiger charge is 2.23. The number of esters is 1. The van der Waals surface area contributed by atoms with Crippen molar-refractivity contribution in [2.24, 2.45) is 0 Å². The summed E-state index contributed by atoms with van der Waals surface area (Å²) in [7, 11) is 0. The molecular formula is C15H21NO4. The van der Waals surface area contributed by atoms with Crippen molar-refractivity contribution in [1.82, 2.24) is 0 Å². The van der Waals surface area contributed by atoms with Gasteiger partial charge in [-0.2, -0.15) is 0 Å². The molecule has 0 fully saturated rings. The lowest BCUT2D eigenvalue weighted by molar-refractivity contribution is -0.173. The van der Waals surface area contributed by atoms with Gasteiger partial charge in [-0.05, 0) is 45.0 Å². The van der Waals surface area contributed by atoms with E-state index in [1.807, 2.05) is 6.92 Å². The summed E-state index contributed by atoms with van der Waals surface area (Å²) in [5, 5.41) is 0. The SMILES string of the molecule is C=C(C)C(=O)OC(C)C(OCC)Oc1ccc(N)cc1. The molecule has 20 heavy (non-hydrogen) atoms. The quantitative estimate of drug-likeness (QED) is 0.359. The van der Waals surface area contributed by atoms with Crippen molar-refractivity contribution in [3.8, 4) is 5.75 Å². The Labute approximate surface area is 119 Å². The predicted octanol–water partition coefficient (Wildman–Crippen LogP) is 2.52. The fourth-order valence-electron chi connectivity index (χ4n) is 1.44. The minimum atomic E-state index is -0.688. The summed E-state index contributed by atoms with van der Waals surface area (Å²) in [6, 6.07) is 6.91. The maximum absolute atomic E-state index is 11.5. The van der Waals surface area contributed by atoms with E-state index >= 15 is 0 Å². The van der Waals surface area contributed by atoms with Gasteiger partial charge in [-0.25, -0.2) is 4.79 Å². The van der Waals surface area contributed by atoms with E-state index in [2.05, 4.69) is 6.58 Å². The van der Waals surface area contributed by atoms with Crippen LogP contribution in [0.2, 0.25) is 0 Å². The van der Waals surface area contributed by atoms with Gasteiger partial charge in [-0.3, -0.25) is 0 Å². The van der Waals surface area contributed by atoms with Gasteiger partial charge in [-0.15, -0.1) is 0 Å². The van der Waals surface area contributed by atoms with Crippen molar-refractivity contribution in [1.29, 1.82) is 0 Å². The van der Waals surface area contributed by atoms with E-state index < -0.39 is 18.4 Å². The molecule has 0 aliphatic rings. The van der Waals surface area contributed by atoms with Gasteiger partial charge < -0.3 is 19.9 Å². The number of ether oxygens (including phenoxy) is 3. The lowest BCUT2D eigenvalue weighted by atomic mass is 10.3. The Morgan fingerprint density at radius 1 is 1.35 bits per heavy atom. The van der Waals surface area contributed by atoms with Crippen LogP contribution >= 0.6 is 0 Å². The molecule has 0 heterocycles. The highest BCUT2D eigenvalue weighted by Crippen LogP contribution is 2.18. The van der Waals surface area contributed by atoms with E-state index in [1.54, 1.807) is 38.1 Å². The zero-order chi connectivity index (χ0) is 15.1. The summed E-state index contributed by atoms with van der Waals surface area (Å²) in [5.74, 6) is 0.124. The smallest absolute Gasteiger partial charge is 0.333 e. The van der Waals surface area contributed by atoms with Crippen LogP contribution in [0.1, 0.15) is 20.8 Å². The monoisotopic (exact) mass is 279 g/mol. The van der Waals surface area contributed by atoms with E-state index in [0.717, 1.165) is 0 Å². The Hall–Kier alpha value is -2.01. The van der Waals surface area contributed by atoms with Crippen molar-refractivity contribution in [3.63, 3.8) is 0 Å². The zero-order valence-corrected chi connectivity index (χ0v) is 12.1. The molecule has 5 nitrogen and oxygen atoms in total. The third-order valence-corrected chi connectivity index (χ3v) is 2.49. The molecule has 0 radical (unpaired) electrons. The Bertz CT molecular complexity index is 455. The van der Waals surface area contributed by atoms with Gasteiger partial charge in [-0.1, -0.05) is 6.58 Å². The fraction of sp³-hybridized carbons (Fsp3) is 0.400. The molecule has 0 aliphatic carbocycles. The third kappa shape index (κ3) is 4.93. The van der Waals surface area contributed by atoms with Crippen LogP contribution in [-0.2, 0) is 14.3 Å². The molecule has 110 valence electrons. The van der Waals surface area contributed by atoms with Crippen molar-refractivity contribution >= 4 is 11.7 Å². The Balaban J connectivity index is 2.70. The lowest BCUT2D eigenvalue weighted by Gasteiger charge is -2.24. The van der Waals surface area contributed by atoms with Gasteiger partial charge >= 0.3 is 5.97 Å². The Kier molecular flexibility index (Phi) is 6.06. The van der Waals surface area contributed by atoms with E-state index in [-0.39, 0.29) is 0 Å². The molecular weight excluding hydrogens is 258 g/mol. The number of carbonyl (C=O) groups is 1. The highest BCUT2D eigenvalue weighted by atomic mass is 16.7. The second kappa shape index (κ2) is 7.55. The summed E-state index contributed by atoms with van der Waals surface area (Å²) in [6.45, 7) is 9.11. The molecule has 0 saturated heterocycles. The Morgan fingerprint density at radius 3 is 2.45 bits per heavy atom. The fourth-order valence-corrected chi connectivity index (χ4v) is 1.44. The van der Waals surface area contributed by atoms with Crippen LogP contribution < -0.4 is 10.5 Å². The number of hydrogen-bond acceptors (Lipinski definition) is 5. The van der Waals surface area contributed by atoms with Crippen LogP contribution in [0.4, 0.5) is 5.69 Å². The molecule has 2 N–H and O–H groups in total. The second-order valence-electron chi connectivity index (χ2n) is 4.40. The first kappa shape index (κ1) is 16.0. The molecule has 0 spiro atoms. The zero-order valence-electron chi connectivity index (χ0n) is 12.1. The summed E-state index contributed by atoms with van der Waals surface area (Å²) >= 11 is 0. The van der Waals surface area contributed by atoms with E-state index in [9.17, 15) is 4.79 Å². The van der Waals surface area contributed by atoms with Crippen LogP contribution in [0, 0.1) is 0 Å². The number of benzene rings is 1. The summed E-state index contributed by atoms with van der Waals surface area (Å²) in [5.41, 5.74) is 6.59. The van der Waals surface area contributed by atoms with Crippen LogP contribution in [0.25, 0.3) is 0 Å². The Morgan fingerprint density at radius 2 is 1.95 bits per heavy atom. The van der Waals surface area contributed by atoms with E-state index in [1.165, 1.54) is 0 Å². The topological polar surface area (TPSA) is 70.8 Å². The molecule has 0 aliphatic heterocycles. The molecule has 1 rings (SSSR count). The largest absolute Gasteiger partial charge is 0.461 e. The first-order chi connectivity index (χ1) is 9.43. The molecule has 0 saturated carbocycles. The minimum Gasteiger partial charge on any atom is -0.461 e.